The van der Waals surface area contributed by atoms with Gasteiger partial charge in [-0.05, 0) is 26.4 Å². The van der Waals surface area contributed by atoms with Crippen LogP contribution < -0.4 is 10.6 Å². The normalized spacial score (nSPS) is 17.2. The summed E-state index contributed by atoms with van der Waals surface area (Å²) in [5.74, 6) is 0.0881. The Morgan fingerprint density at radius 3 is 3.05 bits per heavy atom. The third-order valence-electron chi connectivity index (χ3n) is 3.61. The minimum atomic E-state index is 0.0881. The zero-order valence-corrected chi connectivity index (χ0v) is 11.8. The first-order valence-electron chi connectivity index (χ1n) is 6.84. The van der Waals surface area contributed by atoms with Gasteiger partial charge in [0, 0.05) is 37.9 Å². The fraction of sp³-hybridized carbons (Fsp3) is 0.692. The molecule has 2 heterocycles. The van der Waals surface area contributed by atoms with Crippen molar-refractivity contribution in [2.24, 2.45) is 7.05 Å². The fourth-order valence-corrected chi connectivity index (χ4v) is 2.23. The SMILES string of the molecule is Cc1c(CNC(=O)CN2CCCNCC2)cnn1C. The van der Waals surface area contributed by atoms with Crippen LogP contribution in [-0.2, 0) is 18.4 Å². The van der Waals surface area contributed by atoms with Gasteiger partial charge < -0.3 is 10.6 Å². The molecule has 0 radical (unpaired) electrons. The van der Waals surface area contributed by atoms with Gasteiger partial charge in [-0.2, -0.15) is 5.10 Å². The molecule has 1 aromatic heterocycles. The molecular weight excluding hydrogens is 242 g/mol. The third kappa shape index (κ3) is 4.04. The van der Waals surface area contributed by atoms with E-state index in [9.17, 15) is 4.79 Å². The second-order valence-corrected chi connectivity index (χ2v) is 5.04. The summed E-state index contributed by atoms with van der Waals surface area (Å²) >= 11 is 0. The second-order valence-electron chi connectivity index (χ2n) is 5.04. The van der Waals surface area contributed by atoms with Crippen molar-refractivity contribution in [3.05, 3.63) is 17.5 Å². The van der Waals surface area contributed by atoms with Gasteiger partial charge in [0.25, 0.3) is 0 Å². The Morgan fingerprint density at radius 2 is 2.32 bits per heavy atom. The smallest absolute Gasteiger partial charge is 0.234 e. The number of hydrogen-bond acceptors (Lipinski definition) is 4. The fourth-order valence-electron chi connectivity index (χ4n) is 2.23. The van der Waals surface area contributed by atoms with Crippen molar-refractivity contribution in [2.75, 3.05) is 32.7 Å². The van der Waals surface area contributed by atoms with E-state index in [1.54, 1.807) is 0 Å². The minimum Gasteiger partial charge on any atom is -0.351 e. The van der Waals surface area contributed by atoms with Crippen LogP contribution in [0.5, 0.6) is 0 Å². The number of carbonyl (C=O) groups excluding carboxylic acids is 1. The Balaban J connectivity index is 1.76. The molecule has 0 saturated carbocycles. The van der Waals surface area contributed by atoms with Crippen molar-refractivity contribution in [1.29, 1.82) is 0 Å². The van der Waals surface area contributed by atoms with E-state index in [1.807, 2.05) is 24.9 Å². The van der Waals surface area contributed by atoms with Gasteiger partial charge in [0.2, 0.25) is 5.91 Å². The molecule has 19 heavy (non-hydrogen) atoms. The molecule has 0 unspecified atom stereocenters. The van der Waals surface area contributed by atoms with Crippen LogP contribution >= 0.6 is 0 Å². The number of nitrogens with zero attached hydrogens (tertiary/aromatic N) is 3. The largest absolute Gasteiger partial charge is 0.351 e. The molecule has 0 spiro atoms. The standard InChI is InChI=1S/C13H23N5O/c1-11-12(9-16-17(11)2)8-15-13(19)10-18-6-3-4-14-5-7-18/h9,14H,3-8,10H2,1-2H3,(H,15,19). The van der Waals surface area contributed by atoms with Crippen LogP contribution in [0.2, 0.25) is 0 Å². The minimum absolute atomic E-state index is 0.0881. The summed E-state index contributed by atoms with van der Waals surface area (Å²) in [5, 5.41) is 10.5. The Kier molecular flexibility index (Phi) is 4.93. The van der Waals surface area contributed by atoms with E-state index in [2.05, 4.69) is 20.6 Å². The molecule has 1 aliphatic heterocycles. The second kappa shape index (κ2) is 6.68. The van der Waals surface area contributed by atoms with E-state index in [0.717, 1.165) is 43.9 Å². The number of hydrogen-bond donors (Lipinski definition) is 2. The van der Waals surface area contributed by atoms with Gasteiger partial charge in [-0.3, -0.25) is 14.4 Å². The molecule has 0 aromatic carbocycles. The lowest BCUT2D eigenvalue weighted by atomic mass is 10.2. The molecule has 6 nitrogen and oxygen atoms in total. The van der Waals surface area contributed by atoms with E-state index in [4.69, 9.17) is 0 Å². The average molecular weight is 265 g/mol. The Hall–Kier alpha value is -1.40. The highest BCUT2D eigenvalue weighted by Crippen LogP contribution is 2.04. The maximum atomic E-state index is 11.9. The van der Waals surface area contributed by atoms with Gasteiger partial charge in [-0.25, -0.2) is 0 Å². The number of aromatic nitrogens is 2. The monoisotopic (exact) mass is 265 g/mol. The van der Waals surface area contributed by atoms with E-state index in [-0.39, 0.29) is 5.91 Å². The summed E-state index contributed by atoms with van der Waals surface area (Å²) < 4.78 is 1.82. The Morgan fingerprint density at radius 1 is 1.47 bits per heavy atom. The zero-order valence-electron chi connectivity index (χ0n) is 11.8. The van der Waals surface area contributed by atoms with Gasteiger partial charge in [-0.15, -0.1) is 0 Å². The van der Waals surface area contributed by atoms with Crippen LogP contribution in [0.1, 0.15) is 17.7 Å². The lowest BCUT2D eigenvalue weighted by Crippen LogP contribution is -2.38. The molecule has 2 rings (SSSR count). The van der Waals surface area contributed by atoms with Crippen molar-refractivity contribution >= 4 is 5.91 Å². The van der Waals surface area contributed by atoms with Gasteiger partial charge in [0.05, 0.1) is 12.7 Å². The summed E-state index contributed by atoms with van der Waals surface area (Å²) in [5.41, 5.74) is 2.17. The molecule has 1 amide bonds. The highest BCUT2D eigenvalue weighted by molar-refractivity contribution is 5.78. The molecule has 6 heteroatoms. The molecular formula is C13H23N5O. The molecule has 1 fully saturated rings. The summed E-state index contributed by atoms with van der Waals surface area (Å²) in [6.07, 6.45) is 2.92. The molecule has 0 aliphatic carbocycles. The zero-order chi connectivity index (χ0) is 13.7. The first-order valence-corrected chi connectivity index (χ1v) is 6.84. The highest BCUT2D eigenvalue weighted by atomic mass is 16.2. The van der Waals surface area contributed by atoms with Crippen molar-refractivity contribution in [3.63, 3.8) is 0 Å². The number of aryl methyl sites for hydroxylation is 1. The van der Waals surface area contributed by atoms with Crippen LogP contribution in [0, 0.1) is 6.92 Å². The van der Waals surface area contributed by atoms with Crippen molar-refractivity contribution < 1.29 is 4.79 Å². The van der Waals surface area contributed by atoms with Crippen LogP contribution in [0.3, 0.4) is 0 Å². The number of amides is 1. The maximum Gasteiger partial charge on any atom is 0.234 e. The summed E-state index contributed by atoms with van der Waals surface area (Å²) in [7, 11) is 1.91. The predicted molar refractivity (Wildman–Crippen MR) is 73.7 cm³/mol. The molecule has 2 N–H and O–H groups in total. The van der Waals surface area contributed by atoms with Crippen LogP contribution in [0.15, 0.2) is 6.20 Å². The molecule has 0 bridgehead atoms. The van der Waals surface area contributed by atoms with Crippen LogP contribution in [0.4, 0.5) is 0 Å². The van der Waals surface area contributed by atoms with Gasteiger partial charge in [0.1, 0.15) is 0 Å². The topological polar surface area (TPSA) is 62.2 Å². The molecule has 106 valence electrons. The van der Waals surface area contributed by atoms with E-state index in [0.29, 0.717) is 13.1 Å². The number of carbonyl (C=O) groups is 1. The maximum absolute atomic E-state index is 11.9. The van der Waals surface area contributed by atoms with Gasteiger partial charge in [0.15, 0.2) is 0 Å². The first kappa shape index (κ1) is 14.0. The average Bonchev–Trinajstić information content (AvgIpc) is 2.60. The van der Waals surface area contributed by atoms with Gasteiger partial charge in [-0.1, -0.05) is 0 Å². The van der Waals surface area contributed by atoms with Crippen molar-refractivity contribution in [2.45, 2.75) is 19.9 Å². The van der Waals surface area contributed by atoms with Gasteiger partial charge >= 0.3 is 0 Å². The van der Waals surface area contributed by atoms with E-state index >= 15 is 0 Å². The summed E-state index contributed by atoms with van der Waals surface area (Å²) in [4.78, 5) is 14.1. The molecule has 1 aromatic rings. The van der Waals surface area contributed by atoms with Crippen LogP contribution in [-0.4, -0.2) is 53.3 Å². The van der Waals surface area contributed by atoms with Crippen molar-refractivity contribution in [3.8, 4) is 0 Å². The van der Waals surface area contributed by atoms with Crippen LogP contribution in [0.25, 0.3) is 0 Å². The molecule has 1 aliphatic rings. The quantitative estimate of drug-likeness (QED) is 0.780. The summed E-state index contributed by atoms with van der Waals surface area (Å²) in [6.45, 7) is 7.01. The number of rotatable bonds is 4. The van der Waals surface area contributed by atoms with Crippen molar-refractivity contribution in [1.82, 2.24) is 25.3 Å². The molecule has 0 atom stereocenters. The Bertz CT molecular complexity index is 421. The first-order chi connectivity index (χ1) is 9.16. The van der Waals surface area contributed by atoms with E-state index in [1.165, 1.54) is 0 Å². The van der Waals surface area contributed by atoms with E-state index < -0.39 is 0 Å². The lowest BCUT2D eigenvalue weighted by molar-refractivity contribution is -0.122. The number of nitrogens with one attached hydrogen (secondary N) is 2. The third-order valence-corrected chi connectivity index (χ3v) is 3.61. The highest BCUT2D eigenvalue weighted by Gasteiger charge is 2.13. The molecule has 1 saturated heterocycles. The predicted octanol–water partition coefficient (Wildman–Crippen LogP) is -0.360. The Labute approximate surface area is 114 Å². The lowest BCUT2D eigenvalue weighted by Gasteiger charge is -2.18. The summed E-state index contributed by atoms with van der Waals surface area (Å²) in [6, 6.07) is 0.